The van der Waals surface area contributed by atoms with Crippen molar-refractivity contribution in [3.63, 3.8) is 0 Å². The molecular weight excluding hydrogens is 240 g/mol. The molecule has 0 saturated carbocycles. The lowest BCUT2D eigenvalue weighted by atomic mass is 10.1. The maximum Gasteiger partial charge on any atom is 0.231 e. The van der Waals surface area contributed by atoms with E-state index < -0.39 is 0 Å². The van der Waals surface area contributed by atoms with E-state index in [9.17, 15) is 9.90 Å². The molecule has 1 amide bonds. The highest BCUT2D eigenvalue weighted by molar-refractivity contribution is 6.01. The highest BCUT2D eigenvalue weighted by Crippen LogP contribution is 2.31. The Morgan fingerprint density at radius 3 is 2.63 bits per heavy atom. The van der Waals surface area contributed by atoms with E-state index in [4.69, 9.17) is 5.73 Å². The number of hydrogen-bond donors (Lipinski definition) is 2. The number of phenolic OH excluding ortho intramolecular Hbond substituents is 1. The maximum absolute atomic E-state index is 12.0. The lowest BCUT2D eigenvalue weighted by Crippen LogP contribution is -2.25. The van der Waals surface area contributed by atoms with Gasteiger partial charge in [-0.05, 0) is 41.5 Å². The lowest BCUT2D eigenvalue weighted by molar-refractivity contribution is -0.117. The van der Waals surface area contributed by atoms with E-state index in [-0.39, 0.29) is 11.7 Å². The molecule has 0 aromatic heterocycles. The Bertz CT molecular complexity index is 635. The number of carbonyl (C=O) groups is 1. The summed E-state index contributed by atoms with van der Waals surface area (Å²) in [5, 5.41) is 9.26. The molecule has 0 aliphatic carbocycles. The van der Waals surface area contributed by atoms with Crippen LogP contribution in [0.1, 0.15) is 11.1 Å². The van der Waals surface area contributed by atoms with Crippen LogP contribution in [0.4, 0.5) is 11.4 Å². The number of aromatic hydroxyl groups is 1. The van der Waals surface area contributed by atoms with Crippen LogP contribution in [0, 0.1) is 0 Å². The summed E-state index contributed by atoms with van der Waals surface area (Å²) in [5.74, 6) is 0.304. The number of amides is 1. The average molecular weight is 254 g/mol. The SMILES string of the molecule is Nc1ccc2c(c1)CC(=O)N2Cc1ccc(O)cc1. The van der Waals surface area contributed by atoms with Gasteiger partial charge in [-0.3, -0.25) is 4.79 Å². The number of anilines is 2. The van der Waals surface area contributed by atoms with Gasteiger partial charge in [-0.25, -0.2) is 0 Å². The molecule has 2 aromatic carbocycles. The molecule has 0 spiro atoms. The van der Waals surface area contributed by atoms with Gasteiger partial charge in [-0.15, -0.1) is 0 Å². The van der Waals surface area contributed by atoms with Crippen LogP contribution in [0.5, 0.6) is 5.75 Å². The molecule has 3 rings (SSSR count). The van der Waals surface area contributed by atoms with Crippen LogP contribution < -0.4 is 10.6 Å². The lowest BCUT2D eigenvalue weighted by Gasteiger charge is -2.17. The van der Waals surface area contributed by atoms with Crippen LogP contribution in [0.2, 0.25) is 0 Å². The van der Waals surface area contributed by atoms with E-state index in [2.05, 4.69) is 0 Å². The monoisotopic (exact) mass is 254 g/mol. The Labute approximate surface area is 111 Å². The second kappa shape index (κ2) is 4.31. The summed E-state index contributed by atoms with van der Waals surface area (Å²) in [6.45, 7) is 0.510. The zero-order valence-electron chi connectivity index (χ0n) is 10.3. The van der Waals surface area contributed by atoms with E-state index in [1.165, 1.54) is 0 Å². The average Bonchev–Trinajstić information content (AvgIpc) is 2.68. The topological polar surface area (TPSA) is 66.6 Å². The molecule has 0 atom stereocenters. The van der Waals surface area contributed by atoms with Gasteiger partial charge in [0.2, 0.25) is 5.91 Å². The van der Waals surface area contributed by atoms with Crippen LogP contribution >= 0.6 is 0 Å². The summed E-state index contributed by atoms with van der Waals surface area (Å²) in [6, 6.07) is 12.4. The second-order valence-electron chi connectivity index (χ2n) is 4.71. The molecule has 3 N–H and O–H groups in total. The number of fused-ring (bicyclic) bond motifs is 1. The molecule has 0 radical (unpaired) electrons. The standard InChI is InChI=1S/C15H14N2O2/c16-12-3-6-14-11(7-12)8-15(19)17(14)9-10-1-4-13(18)5-2-10/h1-7,18H,8-9,16H2. The van der Waals surface area contributed by atoms with Crippen molar-refractivity contribution >= 4 is 17.3 Å². The maximum atomic E-state index is 12.0. The summed E-state index contributed by atoms with van der Waals surface area (Å²) < 4.78 is 0. The van der Waals surface area contributed by atoms with E-state index >= 15 is 0 Å². The molecule has 1 heterocycles. The molecule has 4 heteroatoms. The number of nitrogen functional groups attached to an aromatic ring is 1. The van der Waals surface area contributed by atoms with Crippen molar-refractivity contribution in [1.82, 2.24) is 0 Å². The third kappa shape index (κ3) is 2.12. The van der Waals surface area contributed by atoms with Crippen LogP contribution in [-0.2, 0) is 17.8 Å². The first-order valence-corrected chi connectivity index (χ1v) is 6.10. The third-order valence-corrected chi connectivity index (χ3v) is 3.31. The normalized spacial score (nSPS) is 13.7. The van der Waals surface area contributed by atoms with Gasteiger partial charge in [0.25, 0.3) is 0 Å². The van der Waals surface area contributed by atoms with Gasteiger partial charge in [-0.2, -0.15) is 0 Å². The van der Waals surface area contributed by atoms with Crippen molar-refractivity contribution in [2.24, 2.45) is 0 Å². The first-order valence-electron chi connectivity index (χ1n) is 6.10. The van der Waals surface area contributed by atoms with Crippen molar-refractivity contribution < 1.29 is 9.90 Å². The Morgan fingerprint density at radius 1 is 1.16 bits per heavy atom. The Hall–Kier alpha value is -2.49. The minimum Gasteiger partial charge on any atom is -0.508 e. The molecule has 19 heavy (non-hydrogen) atoms. The van der Waals surface area contributed by atoms with Crippen molar-refractivity contribution in [3.05, 3.63) is 53.6 Å². The van der Waals surface area contributed by atoms with Gasteiger partial charge in [-0.1, -0.05) is 12.1 Å². The number of hydrogen-bond acceptors (Lipinski definition) is 3. The molecule has 96 valence electrons. The highest BCUT2D eigenvalue weighted by atomic mass is 16.3. The van der Waals surface area contributed by atoms with E-state index in [0.717, 1.165) is 16.8 Å². The molecule has 1 aliphatic rings. The first-order chi connectivity index (χ1) is 9.13. The minimum absolute atomic E-state index is 0.0775. The summed E-state index contributed by atoms with van der Waals surface area (Å²) in [4.78, 5) is 13.8. The largest absolute Gasteiger partial charge is 0.508 e. The van der Waals surface area contributed by atoms with Crippen molar-refractivity contribution in [3.8, 4) is 5.75 Å². The summed E-state index contributed by atoms with van der Waals surface area (Å²) in [5.41, 5.74) is 9.29. The molecule has 0 saturated heterocycles. The molecule has 0 fully saturated rings. The summed E-state index contributed by atoms with van der Waals surface area (Å²) >= 11 is 0. The molecule has 0 unspecified atom stereocenters. The number of carbonyl (C=O) groups excluding carboxylic acids is 1. The van der Waals surface area contributed by atoms with Crippen LogP contribution in [0.3, 0.4) is 0 Å². The summed E-state index contributed by atoms with van der Waals surface area (Å²) in [6.07, 6.45) is 0.401. The predicted octanol–water partition coefficient (Wildman–Crippen LogP) is 2.06. The van der Waals surface area contributed by atoms with Crippen molar-refractivity contribution in [1.29, 1.82) is 0 Å². The molecule has 4 nitrogen and oxygen atoms in total. The fourth-order valence-electron chi connectivity index (χ4n) is 2.36. The smallest absolute Gasteiger partial charge is 0.231 e. The Kier molecular flexibility index (Phi) is 2.63. The van der Waals surface area contributed by atoms with Gasteiger partial charge < -0.3 is 15.7 Å². The van der Waals surface area contributed by atoms with Crippen LogP contribution in [0.15, 0.2) is 42.5 Å². The van der Waals surface area contributed by atoms with Gasteiger partial charge in [0, 0.05) is 11.4 Å². The molecule has 2 aromatic rings. The van der Waals surface area contributed by atoms with Gasteiger partial charge >= 0.3 is 0 Å². The number of benzene rings is 2. The summed E-state index contributed by atoms with van der Waals surface area (Å²) in [7, 11) is 0. The number of phenols is 1. The fourth-order valence-corrected chi connectivity index (χ4v) is 2.36. The van der Waals surface area contributed by atoms with Crippen molar-refractivity contribution in [2.45, 2.75) is 13.0 Å². The second-order valence-corrected chi connectivity index (χ2v) is 4.71. The number of rotatable bonds is 2. The molecular formula is C15H14N2O2. The van der Waals surface area contributed by atoms with Gasteiger partial charge in [0.05, 0.1) is 13.0 Å². The number of nitrogens with zero attached hydrogens (tertiary/aromatic N) is 1. The van der Waals surface area contributed by atoms with Gasteiger partial charge in [0.1, 0.15) is 5.75 Å². The van der Waals surface area contributed by atoms with Crippen molar-refractivity contribution in [2.75, 3.05) is 10.6 Å². The van der Waals surface area contributed by atoms with Crippen LogP contribution in [-0.4, -0.2) is 11.0 Å². The van der Waals surface area contributed by atoms with Crippen LogP contribution in [0.25, 0.3) is 0 Å². The zero-order chi connectivity index (χ0) is 13.4. The fraction of sp³-hybridized carbons (Fsp3) is 0.133. The Morgan fingerprint density at radius 2 is 1.89 bits per heavy atom. The Balaban J connectivity index is 1.90. The van der Waals surface area contributed by atoms with E-state index in [1.807, 2.05) is 24.3 Å². The molecule has 0 bridgehead atoms. The number of nitrogens with two attached hydrogens (primary N) is 1. The van der Waals surface area contributed by atoms with E-state index in [0.29, 0.717) is 18.7 Å². The minimum atomic E-state index is 0.0775. The van der Waals surface area contributed by atoms with Gasteiger partial charge in [0.15, 0.2) is 0 Å². The quantitative estimate of drug-likeness (QED) is 0.806. The molecule has 1 aliphatic heterocycles. The third-order valence-electron chi connectivity index (χ3n) is 3.31. The van der Waals surface area contributed by atoms with E-state index in [1.54, 1.807) is 23.1 Å². The first kappa shape index (κ1) is 11.6. The predicted molar refractivity (Wildman–Crippen MR) is 73.9 cm³/mol. The highest BCUT2D eigenvalue weighted by Gasteiger charge is 2.27. The zero-order valence-corrected chi connectivity index (χ0v) is 10.3.